The predicted molar refractivity (Wildman–Crippen MR) is 75.3 cm³/mol. The van der Waals surface area contributed by atoms with Crippen molar-refractivity contribution in [1.82, 2.24) is 9.55 Å². The van der Waals surface area contributed by atoms with Crippen molar-refractivity contribution in [3.63, 3.8) is 0 Å². The number of carboxylic acids is 1. The molecule has 0 atom stereocenters. The van der Waals surface area contributed by atoms with Crippen LogP contribution in [-0.4, -0.2) is 20.6 Å². The van der Waals surface area contributed by atoms with Crippen LogP contribution in [0.5, 0.6) is 0 Å². The molecule has 1 N–H and O–H groups in total. The van der Waals surface area contributed by atoms with Gasteiger partial charge in [-0.2, -0.15) is 0 Å². The van der Waals surface area contributed by atoms with E-state index in [0.29, 0.717) is 13.0 Å². The molecule has 4 nitrogen and oxygen atoms in total. The fourth-order valence-electron chi connectivity index (χ4n) is 2.19. The summed E-state index contributed by atoms with van der Waals surface area (Å²) in [6.07, 6.45) is 3.31. The smallest absolute Gasteiger partial charge is 0.303 e. The fraction of sp³-hybridized carbons (Fsp3) is 0.333. The Hall–Kier alpha value is -2.10. The van der Waals surface area contributed by atoms with Crippen LogP contribution in [-0.2, 0) is 24.2 Å². The van der Waals surface area contributed by atoms with Gasteiger partial charge in [-0.05, 0) is 24.1 Å². The molecule has 0 aliphatic carbocycles. The Morgan fingerprint density at radius 3 is 2.95 bits per heavy atom. The van der Waals surface area contributed by atoms with Gasteiger partial charge in [0.15, 0.2) is 0 Å². The van der Waals surface area contributed by atoms with E-state index in [9.17, 15) is 4.79 Å². The van der Waals surface area contributed by atoms with Crippen molar-refractivity contribution in [2.45, 2.75) is 32.7 Å². The number of hydrogen-bond acceptors (Lipinski definition) is 2. The second kappa shape index (κ2) is 5.69. The van der Waals surface area contributed by atoms with Crippen LogP contribution in [0.3, 0.4) is 0 Å². The van der Waals surface area contributed by atoms with E-state index in [1.807, 2.05) is 4.57 Å². The van der Waals surface area contributed by atoms with Crippen LogP contribution >= 0.6 is 0 Å². The van der Waals surface area contributed by atoms with Gasteiger partial charge in [-0.1, -0.05) is 19.1 Å². The Balaban J connectivity index is 2.45. The van der Waals surface area contributed by atoms with Crippen molar-refractivity contribution in [2.24, 2.45) is 0 Å². The number of carboxylic acid groups (broad SMARTS) is 1. The zero-order chi connectivity index (χ0) is 13.8. The molecule has 4 heteroatoms. The van der Waals surface area contributed by atoms with E-state index in [4.69, 9.17) is 5.11 Å². The summed E-state index contributed by atoms with van der Waals surface area (Å²) in [5.74, 6) is 0.0111. The average molecular weight is 258 g/mol. The lowest BCUT2D eigenvalue weighted by Crippen LogP contribution is -2.05. The summed E-state index contributed by atoms with van der Waals surface area (Å²) in [4.78, 5) is 15.3. The first-order valence-electron chi connectivity index (χ1n) is 6.46. The third kappa shape index (κ3) is 2.84. The molecule has 1 aromatic heterocycles. The van der Waals surface area contributed by atoms with E-state index in [-0.39, 0.29) is 6.42 Å². The molecule has 0 fully saturated rings. The fourth-order valence-corrected chi connectivity index (χ4v) is 2.19. The Morgan fingerprint density at radius 1 is 1.53 bits per heavy atom. The molecule has 0 aliphatic rings. The number of rotatable bonds is 6. The Morgan fingerprint density at radius 2 is 2.32 bits per heavy atom. The minimum absolute atomic E-state index is 0.0983. The molecule has 0 saturated carbocycles. The van der Waals surface area contributed by atoms with Crippen molar-refractivity contribution >= 4 is 17.0 Å². The summed E-state index contributed by atoms with van der Waals surface area (Å²) in [5, 5.41) is 8.80. The third-order valence-corrected chi connectivity index (χ3v) is 3.17. The minimum atomic E-state index is -0.800. The third-order valence-electron chi connectivity index (χ3n) is 3.17. The number of aliphatic carboxylic acids is 1. The first-order chi connectivity index (χ1) is 9.15. The average Bonchev–Trinajstić information content (AvgIpc) is 2.74. The zero-order valence-corrected chi connectivity index (χ0v) is 11.1. The summed E-state index contributed by atoms with van der Waals surface area (Å²) >= 11 is 0. The molecule has 0 spiro atoms. The maximum Gasteiger partial charge on any atom is 0.303 e. The molecule has 1 aromatic carbocycles. The summed E-state index contributed by atoms with van der Waals surface area (Å²) in [6, 6.07) is 6.21. The number of allylic oxidation sites excluding steroid dienone is 1. The van der Waals surface area contributed by atoms with Crippen LogP contribution in [0.1, 0.15) is 24.7 Å². The largest absolute Gasteiger partial charge is 0.481 e. The molecule has 0 saturated heterocycles. The number of hydrogen-bond donors (Lipinski definition) is 1. The molecule has 0 aliphatic heterocycles. The molecule has 1 heterocycles. The zero-order valence-electron chi connectivity index (χ0n) is 11.1. The van der Waals surface area contributed by atoms with Crippen LogP contribution in [0.25, 0.3) is 11.0 Å². The summed E-state index contributed by atoms with van der Waals surface area (Å²) in [7, 11) is 0. The molecule has 0 bridgehead atoms. The van der Waals surface area contributed by atoms with Crippen molar-refractivity contribution in [2.75, 3.05) is 0 Å². The topological polar surface area (TPSA) is 55.1 Å². The Labute approximate surface area is 112 Å². The molecular weight excluding hydrogens is 240 g/mol. The van der Waals surface area contributed by atoms with Gasteiger partial charge in [-0.15, -0.1) is 6.58 Å². The van der Waals surface area contributed by atoms with Crippen LogP contribution in [0, 0.1) is 0 Å². The van der Waals surface area contributed by atoms with E-state index >= 15 is 0 Å². The Bertz CT molecular complexity index is 614. The second-order valence-electron chi connectivity index (χ2n) is 4.50. The van der Waals surface area contributed by atoms with E-state index in [1.165, 1.54) is 5.56 Å². The summed E-state index contributed by atoms with van der Waals surface area (Å²) < 4.78 is 2.03. The van der Waals surface area contributed by atoms with Gasteiger partial charge in [0.2, 0.25) is 0 Å². The van der Waals surface area contributed by atoms with E-state index < -0.39 is 5.97 Å². The monoisotopic (exact) mass is 258 g/mol. The highest BCUT2D eigenvalue weighted by molar-refractivity contribution is 5.77. The van der Waals surface area contributed by atoms with Crippen molar-refractivity contribution in [3.05, 3.63) is 42.2 Å². The van der Waals surface area contributed by atoms with Crippen molar-refractivity contribution in [3.8, 4) is 0 Å². The Kier molecular flexibility index (Phi) is 4.00. The molecule has 100 valence electrons. The molecule has 2 aromatic rings. The quantitative estimate of drug-likeness (QED) is 0.811. The number of benzene rings is 1. The van der Waals surface area contributed by atoms with Crippen LogP contribution in [0.15, 0.2) is 30.9 Å². The molecule has 0 radical (unpaired) electrons. The lowest BCUT2D eigenvalue weighted by molar-refractivity contribution is -0.137. The number of nitrogens with zero attached hydrogens (tertiary/aromatic N) is 2. The molecule has 19 heavy (non-hydrogen) atoms. The molecule has 0 amide bonds. The maximum absolute atomic E-state index is 10.7. The van der Waals surface area contributed by atoms with Crippen LogP contribution in [0.4, 0.5) is 0 Å². The van der Waals surface area contributed by atoms with Gasteiger partial charge in [-0.25, -0.2) is 4.98 Å². The standard InChI is InChI=1S/C15H18N2O2/c1-3-9-17-13-6-5-11(4-2)10-12(13)16-14(17)7-8-15(18)19/h3,5-6,10H,1,4,7-9H2,2H3,(H,18,19). The van der Waals surface area contributed by atoms with Crippen LogP contribution < -0.4 is 0 Å². The highest BCUT2D eigenvalue weighted by atomic mass is 16.4. The second-order valence-corrected chi connectivity index (χ2v) is 4.50. The number of carbonyl (C=O) groups is 1. The van der Waals surface area contributed by atoms with Gasteiger partial charge in [0, 0.05) is 13.0 Å². The predicted octanol–water partition coefficient (Wildman–Crippen LogP) is 2.80. The SMILES string of the molecule is C=CCn1c(CCC(=O)O)nc2cc(CC)ccc21. The molecule has 2 rings (SSSR count). The van der Waals surface area contributed by atoms with Gasteiger partial charge in [0.25, 0.3) is 0 Å². The van der Waals surface area contributed by atoms with Crippen LogP contribution in [0.2, 0.25) is 0 Å². The van der Waals surface area contributed by atoms with E-state index in [1.54, 1.807) is 6.08 Å². The van der Waals surface area contributed by atoms with Crippen molar-refractivity contribution in [1.29, 1.82) is 0 Å². The van der Waals surface area contributed by atoms with Gasteiger partial charge in [0.05, 0.1) is 17.5 Å². The number of aromatic nitrogens is 2. The first kappa shape index (κ1) is 13.3. The van der Waals surface area contributed by atoms with Gasteiger partial charge < -0.3 is 9.67 Å². The highest BCUT2D eigenvalue weighted by Gasteiger charge is 2.11. The maximum atomic E-state index is 10.7. The van der Waals surface area contributed by atoms with E-state index in [2.05, 4.69) is 36.7 Å². The highest BCUT2D eigenvalue weighted by Crippen LogP contribution is 2.19. The summed E-state index contributed by atoms with van der Waals surface area (Å²) in [6.45, 7) is 6.50. The van der Waals surface area contributed by atoms with Gasteiger partial charge in [-0.3, -0.25) is 4.79 Å². The molecular formula is C15H18N2O2. The minimum Gasteiger partial charge on any atom is -0.481 e. The molecule has 0 unspecified atom stereocenters. The number of imidazole rings is 1. The first-order valence-corrected chi connectivity index (χ1v) is 6.46. The van der Waals surface area contributed by atoms with Gasteiger partial charge >= 0.3 is 5.97 Å². The summed E-state index contributed by atoms with van der Waals surface area (Å²) in [5.41, 5.74) is 3.21. The van der Waals surface area contributed by atoms with Gasteiger partial charge in [0.1, 0.15) is 5.82 Å². The van der Waals surface area contributed by atoms with Crippen molar-refractivity contribution < 1.29 is 9.90 Å². The van der Waals surface area contributed by atoms with E-state index in [0.717, 1.165) is 23.3 Å². The normalized spacial score (nSPS) is 10.8. The number of fused-ring (bicyclic) bond motifs is 1. The lowest BCUT2D eigenvalue weighted by atomic mass is 10.1. The number of aryl methyl sites for hydroxylation is 2. The lowest BCUT2D eigenvalue weighted by Gasteiger charge is -2.05.